The first-order valence-electron chi connectivity index (χ1n) is 9.53. The van der Waals surface area contributed by atoms with Gasteiger partial charge in [-0.15, -0.1) is 21.5 Å². The van der Waals surface area contributed by atoms with Crippen molar-refractivity contribution in [1.82, 2.24) is 19.7 Å². The van der Waals surface area contributed by atoms with Crippen LogP contribution in [0.5, 0.6) is 0 Å². The van der Waals surface area contributed by atoms with Crippen LogP contribution in [0.2, 0.25) is 0 Å². The van der Waals surface area contributed by atoms with Crippen LogP contribution in [0.25, 0.3) is 0 Å². The van der Waals surface area contributed by atoms with Crippen molar-refractivity contribution < 1.29 is 0 Å². The van der Waals surface area contributed by atoms with Crippen molar-refractivity contribution in [2.45, 2.75) is 43.1 Å². The maximum atomic E-state index is 4.57. The normalized spacial score (nSPS) is 18.1. The van der Waals surface area contributed by atoms with Crippen molar-refractivity contribution in [2.75, 3.05) is 13.1 Å². The van der Waals surface area contributed by atoms with Gasteiger partial charge in [0.2, 0.25) is 0 Å². The number of nitrogens with zero attached hydrogens (tertiary/aromatic N) is 4. The molecule has 1 fully saturated rings. The fraction of sp³-hybridized carbons (Fsp3) is 0.429. The van der Waals surface area contributed by atoms with Gasteiger partial charge in [-0.25, -0.2) is 0 Å². The Kier molecular flexibility index (Phi) is 5.95. The van der Waals surface area contributed by atoms with E-state index in [0.29, 0.717) is 5.92 Å². The molecule has 0 bridgehead atoms. The van der Waals surface area contributed by atoms with Crippen molar-refractivity contribution >= 4 is 23.1 Å². The Labute approximate surface area is 169 Å². The van der Waals surface area contributed by atoms with E-state index in [1.165, 1.54) is 34.7 Å². The number of aromatic nitrogens is 3. The van der Waals surface area contributed by atoms with Crippen LogP contribution in [0, 0.1) is 6.92 Å². The Morgan fingerprint density at radius 3 is 2.78 bits per heavy atom. The molecule has 27 heavy (non-hydrogen) atoms. The van der Waals surface area contributed by atoms with Crippen LogP contribution in [0.1, 0.15) is 39.9 Å². The lowest BCUT2D eigenvalue weighted by molar-refractivity contribution is 0.196. The molecule has 0 amide bonds. The van der Waals surface area contributed by atoms with Crippen LogP contribution >= 0.6 is 23.1 Å². The van der Waals surface area contributed by atoms with Crippen LogP contribution in [-0.2, 0) is 19.3 Å². The van der Waals surface area contributed by atoms with Crippen molar-refractivity contribution in [3.63, 3.8) is 0 Å². The van der Waals surface area contributed by atoms with Crippen molar-refractivity contribution in [2.24, 2.45) is 7.05 Å². The summed E-state index contributed by atoms with van der Waals surface area (Å²) >= 11 is 3.68. The molecule has 4 nitrogen and oxygen atoms in total. The minimum Gasteiger partial charge on any atom is -0.309 e. The molecule has 2 aromatic heterocycles. The van der Waals surface area contributed by atoms with E-state index in [2.05, 4.69) is 76.1 Å². The van der Waals surface area contributed by atoms with Crippen LogP contribution in [0.4, 0.5) is 0 Å². The van der Waals surface area contributed by atoms with Crippen LogP contribution in [-0.4, -0.2) is 32.8 Å². The van der Waals surface area contributed by atoms with Crippen LogP contribution in [0.15, 0.2) is 47.6 Å². The first kappa shape index (κ1) is 18.7. The van der Waals surface area contributed by atoms with E-state index in [9.17, 15) is 0 Å². The van der Waals surface area contributed by atoms with Crippen molar-refractivity contribution in [3.05, 3.63) is 63.6 Å². The highest BCUT2D eigenvalue weighted by Gasteiger charge is 2.26. The molecule has 4 rings (SSSR count). The van der Waals surface area contributed by atoms with Crippen molar-refractivity contribution in [1.29, 1.82) is 0 Å². The van der Waals surface area contributed by atoms with Gasteiger partial charge in [0.25, 0.3) is 0 Å². The third-order valence-corrected chi connectivity index (χ3v) is 7.20. The predicted molar refractivity (Wildman–Crippen MR) is 113 cm³/mol. The molecule has 6 heteroatoms. The molecule has 0 spiro atoms. The second kappa shape index (κ2) is 8.59. The van der Waals surface area contributed by atoms with E-state index in [1.54, 1.807) is 11.8 Å². The number of likely N-dealkylation sites (tertiary alicyclic amines) is 1. The first-order chi connectivity index (χ1) is 13.2. The highest BCUT2D eigenvalue weighted by atomic mass is 32.2. The van der Waals surface area contributed by atoms with Gasteiger partial charge in [0.15, 0.2) is 5.16 Å². The number of rotatable bonds is 6. The molecule has 0 aliphatic carbocycles. The monoisotopic (exact) mass is 398 g/mol. The number of thioether (sulfide) groups is 1. The third-order valence-electron chi connectivity index (χ3n) is 5.13. The molecule has 1 atom stereocenters. The van der Waals surface area contributed by atoms with Gasteiger partial charge in [-0.1, -0.05) is 42.1 Å². The summed E-state index contributed by atoms with van der Waals surface area (Å²) in [6.45, 7) is 5.50. The summed E-state index contributed by atoms with van der Waals surface area (Å²) < 4.78 is 2.21. The summed E-state index contributed by atoms with van der Waals surface area (Å²) in [7, 11) is 2.12. The lowest BCUT2D eigenvalue weighted by atomic mass is 9.97. The van der Waals surface area contributed by atoms with Gasteiger partial charge in [0.1, 0.15) is 5.82 Å². The summed E-state index contributed by atoms with van der Waals surface area (Å²) in [6, 6.07) is 15.0. The van der Waals surface area contributed by atoms with Gasteiger partial charge in [0.05, 0.1) is 0 Å². The topological polar surface area (TPSA) is 34.0 Å². The maximum absolute atomic E-state index is 4.57. The number of thiophene rings is 1. The molecule has 3 heterocycles. The predicted octanol–water partition coefficient (Wildman–Crippen LogP) is 4.86. The number of piperidine rings is 1. The lowest BCUT2D eigenvalue weighted by Crippen LogP contribution is -2.34. The van der Waals surface area contributed by atoms with E-state index < -0.39 is 0 Å². The SMILES string of the molecule is Cc1ccc(CN2CCCC(c3nnc(SCc4ccccc4)n3C)C2)s1. The Morgan fingerprint density at radius 2 is 2.00 bits per heavy atom. The van der Waals surface area contributed by atoms with Crippen LogP contribution < -0.4 is 0 Å². The fourth-order valence-corrected chi connectivity index (χ4v) is 5.54. The molecule has 1 aromatic carbocycles. The molecule has 3 aromatic rings. The fourth-order valence-electron chi connectivity index (χ4n) is 3.73. The number of hydrogen-bond donors (Lipinski definition) is 0. The number of aryl methyl sites for hydroxylation is 1. The van der Waals surface area contributed by atoms with Gasteiger partial charge in [-0.2, -0.15) is 0 Å². The smallest absolute Gasteiger partial charge is 0.191 e. The summed E-state index contributed by atoms with van der Waals surface area (Å²) in [5, 5.41) is 10.1. The van der Waals surface area contributed by atoms with Gasteiger partial charge in [0, 0.05) is 41.6 Å². The van der Waals surface area contributed by atoms with Gasteiger partial charge < -0.3 is 4.57 Å². The molecule has 1 unspecified atom stereocenters. The minimum atomic E-state index is 0.475. The van der Waals surface area contributed by atoms with Gasteiger partial charge in [-0.05, 0) is 44.0 Å². The van der Waals surface area contributed by atoms with E-state index >= 15 is 0 Å². The molecular weight excluding hydrogens is 372 g/mol. The Hall–Kier alpha value is -1.63. The highest BCUT2D eigenvalue weighted by Crippen LogP contribution is 2.30. The third kappa shape index (κ3) is 4.62. The summed E-state index contributed by atoms with van der Waals surface area (Å²) in [5.41, 5.74) is 1.32. The molecule has 0 radical (unpaired) electrons. The molecule has 1 aliphatic rings. The summed E-state index contributed by atoms with van der Waals surface area (Å²) in [4.78, 5) is 5.43. The Bertz CT molecular complexity index is 871. The van der Waals surface area contributed by atoms with E-state index in [-0.39, 0.29) is 0 Å². The minimum absolute atomic E-state index is 0.475. The van der Waals surface area contributed by atoms with Crippen LogP contribution in [0.3, 0.4) is 0 Å². The second-order valence-corrected chi connectivity index (χ2v) is 9.58. The molecule has 1 saturated heterocycles. The number of hydrogen-bond acceptors (Lipinski definition) is 5. The Balaban J connectivity index is 1.39. The molecular formula is C21H26N4S2. The molecule has 0 N–H and O–H groups in total. The zero-order chi connectivity index (χ0) is 18.6. The maximum Gasteiger partial charge on any atom is 0.191 e. The average molecular weight is 399 g/mol. The van der Waals surface area contributed by atoms with Gasteiger partial charge >= 0.3 is 0 Å². The standard InChI is InChI=1S/C21H26N4S2/c1-16-10-11-19(27-16)14-25-12-6-9-18(13-25)20-22-23-21(24(20)2)26-15-17-7-4-3-5-8-17/h3-5,7-8,10-11,18H,6,9,12-15H2,1-2H3. The molecule has 0 saturated carbocycles. The largest absolute Gasteiger partial charge is 0.309 e. The molecule has 142 valence electrons. The summed E-state index contributed by atoms with van der Waals surface area (Å²) in [6.07, 6.45) is 2.43. The lowest BCUT2D eigenvalue weighted by Gasteiger charge is -2.31. The second-order valence-electron chi connectivity index (χ2n) is 7.26. The van der Waals surface area contributed by atoms with Gasteiger partial charge in [-0.3, -0.25) is 4.90 Å². The quantitative estimate of drug-likeness (QED) is 0.556. The van der Waals surface area contributed by atoms with E-state index in [4.69, 9.17) is 0 Å². The van der Waals surface area contributed by atoms with E-state index in [1.807, 2.05) is 11.3 Å². The van der Waals surface area contributed by atoms with Crippen molar-refractivity contribution in [3.8, 4) is 0 Å². The Morgan fingerprint density at radius 1 is 1.15 bits per heavy atom. The average Bonchev–Trinajstić information content (AvgIpc) is 3.26. The summed E-state index contributed by atoms with van der Waals surface area (Å²) in [5.74, 6) is 2.54. The zero-order valence-electron chi connectivity index (χ0n) is 16.0. The van der Waals surface area contributed by atoms with E-state index in [0.717, 1.165) is 29.8 Å². The number of benzene rings is 1. The highest BCUT2D eigenvalue weighted by molar-refractivity contribution is 7.98. The zero-order valence-corrected chi connectivity index (χ0v) is 17.6. The molecule has 1 aliphatic heterocycles. The first-order valence-corrected chi connectivity index (χ1v) is 11.3.